The lowest BCUT2D eigenvalue weighted by atomic mass is 9.98. The SMILES string of the molecule is C=C(C)/C=C\C(=C/C)c1ccc(-c2ccc(C(=C)C)cc2)cc1. The first kappa shape index (κ1) is 16.8. The van der Waals surface area contributed by atoms with E-state index < -0.39 is 0 Å². The average molecular weight is 300 g/mol. The Balaban J connectivity index is 2.25. The van der Waals surface area contributed by atoms with Crippen LogP contribution in [0.3, 0.4) is 0 Å². The molecule has 2 rings (SSSR count). The second-order valence-corrected chi connectivity index (χ2v) is 5.86. The van der Waals surface area contributed by atoms with Crippen molar-refractivity contribution in [3.05, 3.63) is 96.6 Å². The first-order valence-electron chi connectivity index (χ1n) is 7.88. The van der Waals surface area contributed by atoms with Crippen molar-refractivity contribution in [3.63, 3.8) is 0 Å². The Morgan fingerprint density at radius 3 is 1.61 bits per heavy atom. The van der Waals surface area contributed by atoms with Gasteiger partial charge in [0.1, 0.15) is 0 Å². The fourth-order valence-electron chi connectivity index (χ4n) is 2.39. The van der Waals surface area contributed by atoms with Gasteiger partial charge in [0.2, 0.25) is 0 Å². The molecule has 0 radical (unpaired) electrons. The Morgan fingerprint density at radius 1 is 0.739 bits per heavy atom. The molecular formula is C23H24. The molecule has 0 N–H and O–H groups in total. The third kappa shape index (κ3) is 4.43. The van der Waals surface area contributed by atoms with Crippen molar-refractivity contribution in [2.45, 2.75) is 20.8 Å². The monoisotopic (exact) mass is 300 g/mol. The van der Waals surface area contributed by atoms with E-state index in [-0.39, 0.29) is 0 Å². The summed E-state index contributed by atoms with van der Waals surface area (Å²) in [5, 5.41) is 0. The van der Waals surface area contributed by atoms with Gasteiger partial charge in [0, 0.05) is 0 Å². The van der Waals surface area contributed by atoms with Gasteiger partial charge in [-0.05, 0) is 48.6 Å². The van der Waals surface area contributed by atoms with E-state index in [1.54, 1.807) is 0 Å². The van der Waals surface area contributed by atoms with E-state index in [1.165, 1.54) is 27.8 Å². The minimum atomic E-state index is 1.05. The van der Waals surface area contributed by atoms with Crippen molar-refractivity contribution in [3.8, 4) is 11.1 Å². The lowest BCUT2D eigenvalue weighted by Gasteiger charge is -2.07. The van der Waals surface area contributed by atoms with Crippen LogP contribution in [0.2, 0.25) is 0 Å². The van der Waals surface area contributed by atoms with Crippen LogP contribution < -0.4 is 0 Å². The fourth-order valence-corrected chi connectivity index (χ4v) is 2.39. The van der Waals surface area contributed by atoms with Crippen molar-refractivity contribution in [1.82, 2.24) is 0 Å². The molecule has 2 aromatic rings. The number of rotatable bonds is 5. The first-order valence-corrected chi connectivity index (χ1v) is 7.88. The van der Waals surface area contributed by atoms with Gasteiger partial charge < -0.3 is 0 Å². The van der Waals surface area contributed by atoms with E-state index in [0.29, 0.717) is 0 Å². The number of allylic oxidation sites excluding steroid dienone is 6. The summed E-state index contributed by atoms with van der Waals surface area (Å²) in [6, 6.07) is 17.2. The predicted octanol–water partition coefficient (Wildman–Crippen LogP) is 6.92. The topological polar surface area (TPSA) is 0 Å². The van der Waals surface area contributed by atoms with Gasteiger partial charge in [-0.15, -0.1) is 0 Å². The van der Waals surface area contributed by atoms with Gasteiger partial charge >= 0.3 is 0 Å². The van der Waals surface area contributed by atoms with Gasteiger partial charge in [0.15, 0.2) is 0 Å². The van der Waals surface area contributed by atoms with Crippen LogP contribution in [-0.2, 0) is 0 Å². The van der Waals surface area contributed by atoms with E-state index in [9.17, 15) is 0 Å². The molecule has 0 aliphatic rings. The van der Waals surface area contributed by atoms with Crippen molar-refractivity contribution in [1.29, 1.82) is 0 Å². The summed E-state index contributed by atoms with van der Waals surface area (Å²) in [4.78, 5) is 0. The van der Waals surface area contributed by atoms with Gasteiger partial charge in [-0.2, -0.15) is 0 Å². The Kier molecular flexibility index (Phi) is 5.54. The smallest absolute Gasteiger partial charge is 0.0184 e. The Morgan fingerprint density at radius 2 is 1.22 bits per heavy atom. The lowest BCUT2D eigenvalue weighted by Crippen LogP contribution is -1.84. The molecule has 116 valence electrons. The van der Waals surface area contributed by atoms with E-state index in [1.807, 2.05) is 19.9 Å². The summed E-state index contributed by atoms with van der Waals surface area (Å²) in [7, 11) is 0. The standard InChI is InChI=1S/C23H24/c1-6-19(8-7-17(2)3)21-13-15-23(16-14-21)22-11-9-20(10-12-22)18(4)5/h6-16H,2,4H2,1,3,5H3/b8-7-,19-6+. The summed E-state index contributed by atoms with van der Waals surface area (Å²) in [5.41, 5.74) is 8.20. The van der Waals surface area contributed by atoms with Gasteiger partial charge in [0.25, 0.3) is 0 Å². The van der Waals surface area contributed by atoms with Gasteiger partial charge in [-0.3, -0.25) is 0 Å². The molecule has 0 spiro atoms. The molecule has 0 unspecified atom stereocenters. The lowest BCUT2D eigenvalue weighted by molar-refractivity contribution is 1.53. The average Bonchev–Trinajstić information content (AvgIpc) is 2.56. The van der Waals surface area contributed by atoms with Crippen molar-refractivity contribution >= 4 is 11.1 Å². The normalized spacial score (nSPS) is 11.7. The van der Waals surface area contributed by atoms with Gasteiger partial charge in [-0.25, -0.2) is 0 Å². The van der Waals surface area contributed by atoms with Crippen LogP contribution >= 0.6 is 0 Å². The highest BCUT2D eigenvalue weighted by Crippen LogP contribution is 2.25. The van der Waals surface area contributed by atoms with Crippen LogP contribution in [0.4, 0.5) is 0 Å². The molecule has 0 amide bonds. The Labute approximate surface area is 140 Å². The van der Waals surface area contributed by atoms with Gasteiger partial charge in [0.05, 0.1) is 0 Å². The van der Waals surface area contributed by atoms with Crippen LogP contribution in [0.1, 0.15) is 31.9 Å². The molecule has 2 aromatic carbocycles. The summed E-state index contributed by atoms with van der Waals surface area (Å²) >= 11 is 0. The largest absolute Gasteiger partial charge is 0.0961 e. The summed E-state index contributed by atoms with van der Waals surface area (Å²) in [5.74, 6) is 0. The molecule has 0 atom stereocenters. The molecule has 23 heavy (non-hydrogen) atoms. The second kappa shape index (κ2) is 7.60. The summed E-state index contributed by atoms with van der Waals surface area (Å²) in [6.07, 6.45) is 6.27. The van der Waals surface area contributed by atoms with Crippen LogP contribution in [0.15, 0.2) is 85.5 Å². The summed E-state index contributed by atoms with van der Waals surface area (Å²) in [6.45, 7) is 14.0. The van der Waals surface area contributed by atoms with E-state index >= 15 is 0 Å². The van der Waals surface area contributed by atoms with Crippen LogP contribution in [0.5, 0.6) is 0 Å². The molecule has 0 bridgehead atoms. The fraction of sp³-hybridized carbons (Fsp3) is 0.130. The van der Waals surface area contributed by atoms with E-state index in [2.05, 4.69) is 80.8 Å². The molecule has 0 aromatic heterocycles. The van der Waals surface area contributed by atoms with Crippen LogP contribution in [0.25, 0.3) is 22.3 Å². The van der Waals surface area contributed by atoms with Gasteiger partial charge in [-0.1, -0.05) is 91.1 Å². The van der Waals surface area contributed by atoms with Crippen molar-refractivity contribution in [2.75, 3.05) is 0 Å². The van der Waals surface area contributed by atoms with Crippen molar-refractivity contribution in [2.24, 2.45) is 0 Å². The Bertz CT molecular complexity index is 751. The maximum atomic E-state index is 3.98. The van der Waals surface area contributed by atoms with Crippen LogP contribution in [-0.4, -0.2) is 0 Å². The zero-order chi connectivity index (χ0) is 16.8. The second-order valence-electron chi connectivity index (χ2n) is 5.86. The molecule has 0 saturated carbocycles. The molecule has 0 aliphatic heterocycles. The molecule has 0 nitrogen and oxygen atoms in total. The molecule has 0 heteroatoms. The zero-order valence-electron chi connectivity index (χ0n) is 14.3. The molecule has 0 heterocycles. The molecule has 0 fully saturated rings. The number of hydrogen-bond acceptors (Lipinski definition) is 0. The highest BCUT2D eigenvalue weighted by atomic mass is 14.1. The first-order chi connectivity index (χ1) is 11.0. The zero-order valence-corrected chi connectivity index (χ0v) is 14.3. The minimum Gasteiger partial charge on any atom is -0.0961 e. The minimum absolute atomic E-state index is 1.05. The molecule has 0 aliphatic carbocycles. The third-order valence-corrected chi connectivity index (χ3v) is 3.79. The summed E-state index contributed by atoms with van der Waals surface area (Å²) < 4.78 is 0. The highest BCUT2D eigenvalue weighted by Gasteiger charge is 2.01. The number of benzene rings is 2. The van der Waals surface area contributed by atoms with Crippen molar-refractivity contribution < 1.29 is 0 Å². The predicted molar refractivity (Wildman–Crippen MR) is 104 cm³/mol. The van der Waals surface area contributed by atoms with E-state index in [0.717, 1.165) is 11.1 Å². The maximum Gasteiger partial charge on any atom is -0.0184 e. The quantitative estimate of drug-likeness (QED) is 0.525. The Hall–Kier alpha value is -2.60. The van der Waals surface area contributed by atoms with Crippen LogP contribution in [0, 0.1) is 0 Å². The molecular weight excluding hydrogens is 276 g/mol. The number of hydrogen-bond donors (Lipinski definition) is 0. The maximum absolute atomic E-state index is 3.98. The van der Waals surface area contributed by atoms with E-state index in [4.69, 9.17) is 0 Å². The third-order valence-electron chi connectivity index (χ3n) is 3.79. The molecule has 0 saturated heterocycles. The highest BCUT2D eigenvalue weighted by molar-refractivity contribution is 5.76.